The first-order valence-corrected chi connectivity index (χ1v) is 8.87. The number of nitrogens with zero attached hydrogens (tertiary/aromatic N) is 1. The molecule has 1 rings (SSSR count). The lowest BCUT2D eigenvalue weighted by molar-refractivity contribution is 0.445. The maximum Gasteiger partial charge on any atom is 0.245 e. The van der Waals surface area contributed by atoms with Crippen LogP contribution in [0.15, 0.2) is 21.5 Å². The maximum atomic E-state index is 12.5. The van der Waals surface area contributed by atoms with Crippen LogP contribution in [0.1, 0.15) is 6.92 Å². The quantitative estimate of drug-likeness (QED) is 0.743. The predicted molar refractivity (Wildman–Crippen MR) is 89.9 cm³/mol. The molecule has 0 radical (unpaired) electrons. The molecule has 0 saturated carbocycles. The Morgan fingerprint density at radius 2 is 1.90 bits per heavy atom. The van der Waals surface area contributed by atoms with Gasteiger partial charge in [0.25, 0.3) is 0 Å². The first-order valence-electron chi connectivity index (χ1n) is 5.47. The first kappa shape index (κ1) is 18.1. The number of thiocarbonyl (C=S) groups is 1. The molecule has 2 N–H and O–H groups in total. The van der Waals surface area contributed by atoms with Crippen LogP contribution in [0.2, 0.25) is 10.0 Å². The van der Waals surface area contributed by atoms with Gasteiger partial charge in [-0.2, -0.15) is 0 Å². The molecule has 0 heterocycles. The van der Waals surface area contributed by atoms with Gasteiger partial charge in [0.1, 0.15) is 4.90 Å². The van der Waals surface area contributed by atoms with Crippen LogP contribution in [0.4, 0.5) is 0 Å². The fourth-order valence-electron chi connectivity index (χ4n) is 1.50. The van der Waals surface area contributed by atoms with E-state index in [9.17, 15) is 8.42 Å². The van der Waals surface area contributed by atoms with Crippen LogP contribution in [-0.4, -0.2) is 31.3 Å². The van der Waals surface area contributed by atoms with Crippen LogP contribution in [0.25, 0.3) is 0 Å². The average Bonchev–Trinajstić information content (AvgIpc) is 2.26. The number of hydrogen-bond acceptors (Lipinski definition) is 3. The smallest absolute Gasteiger partial charge is 0.245 e. The van der Waals surface area contributed by atoms with E-state index in [1.54, 1.807) is 6.92 Å². The van der Waals surface area contributed by atoms with Crippen molar-refractivity contribution >= 4 is 66.4 Å². The summed E-state index contributed by atoms with van der Waals surface area (Å²) in [6.07, 6.45) is 0. The predicted octanol–water partition coefficient (Wildman–Crippen LogP) is 3.30. The summed E-state index contributed by atoms with van der Waals surface area (Å²) >= 11 is 20.0. The molecule has 1 aromatic rings. The van der Waals surface area contributed by atoms with Crippen molar-refractivity contribution in [3.05, 3.63) is 26.7 Å². The standard InChI is InChI=1S/C11H13BrCl2N2O2S2/c1-6(11(15)19)5-16(2)20(17,18)10-8(13)3-7(12)4-9(10)14/h3-4,6H,5H2,1-2H3,(H2,15,19). The van der Waals surface area contributed by atoms with Gasteiger partial charge in [0.05, 0.1) is 15.0 Å². The normalized spacial score (nSPS) is 13.5. The van der Waals surface area contributed by atoms with Crippen molar-refractivity contribution in [1.82, 2.24) is 4.31 Å². The molecule has 20 heavy (non-hydrogen) atoms. The van der Waals surface area contributed by atoms with Crippen molar-refractivity contribution < 1.29 is 8.42 Å². The lowest BCUT2D eigenvalue weighted by Crippen LogP contribution is -2.35. The number of sulfonamides is 1. The van der Waals surface area contributed by atoms with Gasteiger partial charge >= 0.3 is 0 Å². The van der Waals surface area contributed by atoms with E-state index in [1.165, 1.54) is 19.2 Å². The number of nitrogens with two attached hydrogens (primary N) is 1. The minimum atomic E-state index is -3.81. The summed E-state index contributed by atoms with van der Waals surface area (Å²) in [6.45, 7) is 1.90. The van der Waals surface area contributed by atoms with Crippen LogP contribution in [0.5, 0.6) is 0 Å². The van der Waals surface area contributed by atoms with Crippen molar-refractivity contribution in [2.45, 2.75) is 11.8 Å². The fraction of sp³-hybridized carbons (Fsp3) is 0.364. The average molecular weight is 420 g/mol. The second-order valence-corrected chi connectivity index (χ2v) is 8.47. The second kappa shape index (κ2) is 6.89. The molecule has 1 unspecified atom stereocenters. The Bertz CT molecular complexity index is 614. The number of rotatable bonds is 5. The Labute approximate surface area is 142 Å². The van der Waals surface area contributed by atoms with Crippen LogP contribution in [0, 0.1) is 5.92 Å². The zero-order valence-electron chi connectivity index (χ0n) is 10.7. The topological polar surface area (TPSA) is 63.4 Å². The Balaban J connectivity index is 3.21. The van der Waals surface area contributed by atoms with Crippen molar-refractivity contribution in [3.63, 3.8) is 0 Å². The molecule has 112 valence electrons. The van der Waals surface area contributed by atoms with Crippen molar-refractivity contribution in [2.75, 3.05) is 13.6 Å². The van der Waals surface area contributed by atoms with Gasteiger partial charge in [-0.3, -0.25) is 0 Å². The molecule has 9 heteroatoms. The molecule has 0 aliphatic carbocycles. The van der Waals surface area contributed by atoms with Gasteiger partial charge < -0.3 is 5.73 Å². The molecule has 1 atom stereocenters. The Morgan fingerprint density at radius 1 is 1.45 bits per heavy atom. The molecule has 0 aromatic heterocycles. The zero-order valence-corrected chi connectivity index (χ0v) is 15.5. The molecule has 0 bridgehead atoms. The first-order chi connectivity index (χ1) is 9.07. The summed E-state index contributed by atoms with van der Waals surface area (Å²) in [4.78, 5) is 0.127. The summed E-state index contributed by atoms with van der Waals surface area (Å²) in [5.74, 6) is -0.252. The SMILES string of the molecule is CC(CN(C)S(=O)(=O)c1c(Cl)cc(Br)cc1Cl)C(N)=S. The number of halogens is 3. The van der Waals surface area contributed by atoms with E-state index < -0.39 is 10.0 Å². The zero-order chi connectivity index (χ0) is 15.7. The molecule has 0 spiro atoms. The van der Waals surface area contributed by atoms with Crippen molar-refractivity contribution in [3.8, 4) is 0 Å². The molecular formula is C11H13BrCl2N2O2S2. The van der Waals surface area contributed by atoms with Gasteiger partial charge in [0, 0.05) is 24.0 Å². The minimum absolute atomic E-state index is 0.0548. The van der Waals surface area contributed by atoms with E-state index in [0.29, 0.717) is 4.47 Å². The van der Waals surface area contributed by atoms with Crippen molar-refractivity contribution in [1.29, 1.82) is 0 Å². The van der Waals surface area contributed by atoms with E-state index >= 15 is 0 Å². The Kier molecular flexibility index (Phi) is 6.25. The van der Waals surface area contributed by atoms with E-state index in [0.717, 1.165) is 4.31 Å². The van der Waals surface area contributed by atoms with E-state index in [1.807, 2.05) is 0 Å². The third-order valence-electron chi connectivity index (χ3n) is 2.65. The van der Waals surface area contributed by atoms with E-state index in [4.69, 9.17) is 41.2 Å². The lowest BCUT2D eigenvalue weighted by atomic mass is 10.2. The summed E-state index contributed by atoms with van der Waals surface area (Å²) < 4.78 is 26.7. The molecule has 0 saturated heterocycles. The van der Waals surface area contributed by atoms with Gasteiger partial charge in [-0.1, -0.05) is 58.3 Å². The molecule has 4 nitrogen and oxygen atoms in total. The highest BCUT2D eigenvalue weighted by Gasteiger charge is 2.28. The maximum absolute atomic E-state index is 12.5. The fourth-order valence-corrected chi connectivity index (χ4v) is 4.72. The number of benzene rings is 1. The largest absolute Gasteiger partial charge is 0.393 e. The third-order valence-corrected chi connectivity index (χ3v) is 6.25. The highest BCUT2D eigenvalue weighted by Crippen LogP contribution is 2.34. The van der Waals surface area contributed by atoms with Crippen LogP contribution in [-0.2, 0) is 10.0 Å². The molecule has 0 aliphatic rings. The van der Waals surface area contributed by atoms with Gasteiger partial charge in [-0.15, -0.1) is 0 Å². The highest BCUT2D eigenvalue weighted by molar-refractivity contribution is 9.10. The molecule has 0 amide bonds. The van der Waals surface area contributed by atoms with Crippen LogP contribution >= 0.6 is 51.3 Å². The van der Waals surface area contributed by atoms with Crippen LogP contribution < -0.4 is 5.73 Å². The molecule has 1 aromatic carbocycles. The molecule has 0 fully saturated rings. The molecular weight excluding hydrogens is 407 g/mol. The lowest BCUT2D eigenvalue weighted by Gasteiger charge is -2.21. The van der Waals surface area contributed by atoms with E-state index in [2.05, 4.69) is 15.9 Å². The highest BCUT2D eigenvalue weighted by atomic mass is 79.9. The summed E-state index contributed by atoms with van der Waals surface area (Å²) in [6, 6.07) is 2.95. The van der Waals surface area contributed by atoms with E-state index in [-0.39, 0.29) is 32.4 Å². The Morgan fingerprint density at radius 3 is 2.30 bits per heavy atom. The third kappa shape index (κ3) is 4.05. The van der Waals surface area contributed by atoms with Gasteiger partial charge in [0.2, 0.25) is 10.0 Å². The van der Waals surface area contributed by atoms with Gasteiger partial charge in [0.15, 0.2) is 0 Å². The summed E-state index contributed by atoms with van der Waals surface area (Å²) in [5.41, 5.74) is 5.50. The summed E-state index contributed by atoms with van der Waals surface area (Å²) in [5, 5.41) is 0.110. The Hall–Kier alpha value is 0.0800. The van der Waals surface area contributed by atoms with Gasteiger partial charge in [-0.25, -0.2) is 12.7 Å². The second-order valence-electron chi connectivity index (χ2n) is 4.29. The minimum Gasteiger partial charge on any atom is -0.393 e. The molecule has 0 aliphatic heterocycles. The van der Waals surface area contributed by atoms with Crippen molar-refractivity contribution in [2.24, 2.45) is 11.7 Å². The van der Waals surface area contributed by atoms with Gasteiger partial charge in [-0.05, 0) is 12.1 Å². The summed E-state index contributed by atoms with van der Waals surface area (Å²) in [7, 11) is -2.38. The van der Waals surface area contributed by atoms with Crippen LogP contribution in [0.3, 0.4) is 0 Å². The monoisotopic (exact) mass is 418 g/mol. The number of hydrogen-bond donors (Lipinski definition) is 1.